The summed E-state index contributed by atoms with van der Waals surface area (Å²) in [5.41, 5.74) is 6.42. The molecule has 26 heavy (non-hydrogen) atoms. The zero-order chi connectivity index (χ0) is 18.5. The molecule has 6 heteroatoms. The number of aryl methyl sites for hydroxylation is 1. The maximum Gasteiger partial charge on any atom is 0.248 e. The lowest BCUT2D eigenvalue weighted by Gasteiger charge is -2.05. The molecule has 0 fully saturated rings. The van der Waals surface area contributed by atoms with Gasteiger partial charge in [0, 0.05) is 24.1 Å². The van der Waals surface area contributed by atoms with E-state index in [2.05, 4.69) is 5.32 Å². The van der Waals surface area contributed by atoms with E-state index < -0.39 is 5.91 Å². The first-order valence-corrected chi connectivity index (χ1v) is 8.06. The fourth-order valence-electron chi connectivity index (χ4n) is 2.53. The van der Waals surface area contributed by atoms with Crippen molar-refractivity contribution in [3.05, 3.63) is 77.8 Å². The minimum absolute atomic E-state index is 0.186. The second-order valence-corrected chi connectivity index (χ2v) is 5.74. The Hall–Kier alpha value is -3.41. The van der Waals surface area contributed by atoms with E-state index in [1.54, 1.807) is 48.5 Å². The Kier molecular flexibility index (Phi) is 5.12. The van der Waals surface area contributed by atoms with Gasteiger partial charge >= 0.3 is 0 Å². The van der Waals surface area contributed by atoms with E-state index in [4.69, 9.17) is 10.2 Å². The largest absolute Gasteiger partial charge is 0.461 e. The van der Waals surface area contributed by atoms with Gasteiger partial charge in [-0.3, -0.25) is 9.59 Å². The van der Waals surface area contributed by atoms with Crippen molar-refractivity contribution in [1.82, 2.24) is 0 Å². The van der Waals surface area contributed by atoms with Crippen LogP contribution in [0.5, 0.6) is 0 Å². The van der Waals surface area contributed by atoms with Gasteiger partial charge in [-0.2, -0.15) is 0 Å². The van der Waals surface area contributed by atoms with Crippen molar-refractivity contribution in [2.45, 2.75) is 12.8 Å². The number of carbonyl (C=O) groups excluding carboxylic acids is 2. The summed E-state index contributed by atoms with van der Waals surface area (Å²) >= 11 is 0. The molecule has 1 heterocycles. The number of furan rings is 1. The number of nitrogens with one attached hydrogen (secondary N) is 1. The molecule has 0 aliphatic heterocycles. The Morgan fingerprint density at radius 1 is 1.04 bits per heavy atom. The summed E-state index contributed by atoms with van der Waals surface area (Å²) in [6.45, 7) is 0. The maximum atomic E-state index is 13.8. The average Bonchev–Trinajstić information content (AvgIpc) is 3.09. The van der Waals surface area contributed by atoms with Gasteiger partial charge in [0.1, 0.15) is 17.3 Å². The van der Waals surface area contributed by atoms with Crippen LogP contribution >= 0.6 is 0 Å². The molecular weight excluding hydrogens is 335 g/mol. The number of rotatable bonds is 6. The van der Waals surface area contributed by atoms with Gasteiger partial charge in [-0.05, 0) is 42.5 Å². The van der Waals surface area contributed by atoms with E-state index in [-0.39, 0.29) is 18.1 Å². The van der Waals surface area contributed by atoms with Crippen LogP contribution in [0.15, 0.2) is 65.1 Å². The Balaban J connectivity index is 1.59. The highest BCUT2D eigenvalue weighted by Gasteiger charge is 2.11. The Labute approximate surface area is 149 Å². The van der Waals surface area contributed by atoms with E-state index in [1.807, 2.05) is 0 Å². The average molecular weight is 352 g/mol. The number of halogens is 1. The van der Waals surface area contributed by atoms with Gasteiger partial charge in [0.2, 0.25) is 11.8 Å². The number of carbonyl (C=O) groups is 2. The molecule has 3 rings (SSSR count). The van der Waals surface area contributed by atoms with Crippen LogP contribution in [0.1, 0.15) is 22.5 Å². The maximum absolute atomic E-state index is 13.8. The number of benzene rings is 2. The zero-order valence-electron chi connectivity index (χ0n) is 13.9. The second-order valence-electron chi connectivity index (χ2n) is 5.74. The molecule has 0 atom stereocenters. The number of nitrogens with two attached hydrogens (primary N) is 1. The molecule has 1 aromatic heterocycles. The van der Waals surface area contributed by atoms with Gasteiger partial charge in [0.15, 0.2) is 0 Å². The summed E-state index contributed by atoms with van der Waals surface area (Å²) in [6, 6.07) is 16.2. The third-order valence-corrected chi connectivity index (χ3v) is 3.83. The lowest BCUT2D eigenvalue weighted by Crippen LogP contribution is -2.14. The van der Waals surface area contributed by atoms with Crippen LogP contribution < -0.4 is 11.1 Å². The molecule has 3 aromatic rings. The van der Waals surface area contributed by atoms with E-state index in [1.165, 1.54) is 12.1 Å². The van der Waals surface area contributed by atoms with Crippen molar-refractivity contribution in [1.29, 1.82) is 0 Å². The first-order valence-electron chi connectivity index (χ1n) is 8.06. The molecule has 0 aliphatic rings. The molecule has 0 aliphatic carbocycles. The van der Waals surface area contributed by atoms with Crippen LogP contribution in [-0.4, -0.2) is 11.8 Å². The minimum atomic E-state index is -0.558. The highest BCUT2D eigenvalue weighted by molar-refractivity contribution is 5.96. The van der Waals surface area contributed by atoms with E-state index in [9.17, 15) is 14.0 Å². The Morgan fingerprint density at radius 3 is 2.62 bits per heavy atom. The van der Waals surface area contributed by atoms with Crippen LogP contribution in [0.3, 0.4) is 0 Å². The molecule has 132 valence electrons. The molecule has 3 N–H and O–H groups in total. The SMILES string of the molecule is NC(=O)c1cccc(NC(=O)CCc2ccc(-c3ccccc3F)o2)c1. The van der Waals surface area contributed by atoms with Crippen molar-refractivity contribution in [2.75, 3.05) is 5.32 Å². The van der Waals surface area contributed by atoms with Crippen LogP contribution in [0.25, 0.3) is 11.3 Å². The van der Waals surface area contributed by atoms with Crippen LogP contribution in [0, 0.1) is 5.82 Å². The molecule has 2 aromatic carbocycles. The van der Waals surface area contributed by atoms with Gasteiger partial charge < -0.3 is 15.5 Å². The Morgan fingerprint density at radius 2 is 1.85 bits per heavy atom. The quantitative estimate of drug-likeness (QED) is 0.708. The molecule has 2 amide bonds. The number of hydrogen-bond donors (Lipinski definition) is 2. The summed E-state index contributed by atoms with van der Waals surface area (Å²) in [7, 11) is 0. The van der Waals surface area contributed by atoms with Gasteiger partial charge in [-0.25, -0.2) is 4.39 Å². The Bertz CT molecular complexity index is 949. The summed E-state index contributed by atoms with van der Waals surface area (Å²) in [6.07, 6.45) is 0.556. The molecule has 0 saturated heterocycles. The summed E-state index contributed by atoms with van der Waals surface area (Å²) in [5.74, 6) is -0.134. The standard InChI is InChI=1S/C20H17FN2O3/c21-17-7-2-1-6-16(17)18-10-8-15(26-18)9-11-19(24)23-14-5-3-4-13(12-14)20(22)25/h1-8,10,12H,9,11H2,(H2,22,25)(H,23,24). The highest BCUT2D eigenvalue weighted by atomic mass is 19.1. The lowest BCUT2D eigenvalue weighted by atomic mass is 10.1. The normalized spacial score (nSPS) is 10.5. The predicted octanol–water partition coefficient (Wildman–Crippen LogP) is 3.76. The lowest BCUT2D eigenvalue weighted by molar-refractivity contribution is -0.116. The molecule has 5 nitrogen and oxygen atoms in total. The van der Waals surface area contributed by atoms with Gasteiger partial charge in [0.25, 0.3) is 0 Å². The van der Waals surface area contributed by atoms with Crippen LogP contribution in [-0.2, 0) is 11.2 Å². The van der Waals surface area contributed by atoms with Crippen molar-refractivity contribution < 1.29 is 18.4 Å². The molecule has 0 spiro atoms. The van der Waals surface area contributed by atoms with E-state index in [0.29, 0.717) is 34.8 Å². The highest BCUT2D eigenvalue weighted by Crippen LogP contribution is 2.25. The van der Waals surface area contributed by atoms with Gasteiger partial charge in [-0.1, -0.05) is 18.2 Å². The smallest absolute Gasteiger partial charge is 0.248 e. The van der Waals surface area contributed by atoms with E-state index >= 15 is 0 Å². The third-order valence-electron chi connectivity index (χ3n) is 3.83. The molecular formula is C20H17FN2O3. The monoisotopic (exact) mass is 352 g/mol. The van der Waals surface area contributed by atoms with Crippen molar-refractivity contribution in [3.63, 3.8) is 0 Å². The predicted molar refractivity (Wildman–Crippen MR) is 96.0 cm³/mol. The van der Waals surface area contributed by atoms with Crippen LogP contribution in [0.4, 0.5) is 10.1 Å². The first-order chi connectivity index (χ1) is 12.5. The summed E-state index contributed by atoms with van der Waals surface area (Å²) in [5, 5.41) is 2.71. The zero-order valence-corrected chi connectivity index (χ0v) is 13.9. The summed E-state index contributed by atoms with van der Waals surface area (Å²) < 4.78 is 19.4. The molecule has 0 bridgehead atoms. The second kappa shape index (κ2) is 7.65. The van der Waals surface area contributed by atoms with Gasteiger partial charge in [-0.15, -0.1) is 0 Å². The van der Waals surface area contributed by atoms with Crippen molar-refractivity contribution in [3.8, 4) is 11.3 Å². The molecule has 0 radical (unpaired) electrons. The third kappa shape index (κ3) is 4.16. The first kappa shape index (κ1) is 17.4. The van der Waals surface area contributed by atoms with E-state index in [0.717, 1.165) is 0 Å². The molecule has 0 saturated carbocycles. The van der Waals surface area contributed by atoms with Crippen LogP contribution in [0.2, 0.25) is 0 Å². The number of anilines is 1. The number of primary amides is 1. The van der Waals surface area contributed by atoms with Crippen molar-refractivity contribution in [2.24, 2.45) is 5.73 Å². The number of amides is 2. The molecule has 0 unspecified atom stereocenters. The minimum Gasteiger partial charge on any atom is -0.461 e. The van der Waals surface area contributed by atoms with Crippen molar-refractivity contribution >= 4 is 17.5 Å². The fraction of sp³-hybridized carbons (Fsp3) is 0.100. The fourth-order valence-corrected chi connectivity index (χ4v) is 2.53. The summed E-state index contributed by atoms with van der Waals surface area (Å²) in [4.78, 5) is 23.2. The van der Waals surface area contributed by atoms with Gasteiger partial charge in [0.05, 0.1) is 5.56 Å². The topological polar surface area (TPSA) is 85.3 Å². The number of hydrogen-bond acceptors (Lipinski definition) is 3.